The number of nitrogens with one attached hydrogen (secondary N) is 1. The first-order valence-electron chi connectivity index (χ1n) is 9.23. The Morgan fingerprint density at radius 3 is 2.30 bits per heavy atom. The average molecular weight is 442 g/mol. The Hall–Kier alpha value is -2.59. The van der Waals surface area contributed by atoms with Gasteiger partial charge in [-0.15, -0.1) is 0 Å². The molecule has 1 saturated heterocycles. The Bertz CT molecular complexity index is 990. The molecule has 1 aliphatic rings. The van der Waals surface area contributed by atoms with Crippen LogP contribution in [0.5, 0.6) is 5.75 Å². The molecule has 1 amide bonds. The predicted octanol–water partition coefficient (Wildman–Crippen LogP) is 3.75. The van der Waals surface area contributed by atoms with Crippen molar-refractivity contribution >= 4 is 21.6 Å². The lowest BCUT2D eigenvalue weighted by molar-refractivity contribution is -0.137. The van der Waals surface area contributed by atoms with Crippen LogP contribution in [0.3, 0.4) is 0 Å². The summed E-state index contributed by atoms with van der Waals surface area (Å²) in [5, 5.41) is 2.57. The van der Waals surface area contributed by atoms with Crippen LogP contribution in [0.4, 0.5) is 18.9 Å². The summed E-state index contributed by atoms with van der Waals surface area (Å²) in [6.45, 7) is 0.291. The molecule has 162 valence electrons. The maximum absolute atomic E-state index is 12.9. The molecule has 1 atom stereocenters. The summed E-state index contributed by atoms with van der Waals surface area (Å²) in [5.74, 6) is -0.500. The van der Waals surface area contributed by atoms with Crippen molar-refractivity contribution in [2.24, 2.45) is 5.92 Å². The van der Waals surface area contributed by atoms with Crippen molar-refractivity contribution < 1.29 is 31.1 Å². The van der Waals surface area contributed by atoms with Gasteiger partial charge in [0.25, 0.3) is 0 Å². The van der Waals surface area contributed by atoms with E-state index in [1.807, 2.05) is 0 Å². The summed E-state index contributed by atoms with van der Waals surface area (Å²) in [7, 11) is -2.30. The van der Waals surface area contributed by atoms with Crippen molar-refractivity contribution in [3.05, 3.63) is 54.1 Å². The number of hydrogen-bond donors (Lipinski definition) is 1. The number of ether oxygens (including phenoxy) is 1. The van der Waals surface area contributed by atoms with Crippen LogP contribution in [0.2, 0.25) is 0 Å². The van der Waals surface area contributed by atoms with E-state index < -0.39 is 33.6 Å². The van der Waals surface area contributed by atoms with Crippen molar-refractivity contribution in [2.75, 3.05) is 25.5 Å². The van der Waals surface area contributed by atoms with Crippen LogP contribution in [-0.2, 0) is 21.0 Å². The van der Waals surface area contributed by atoms with Crippen LogP contribution < -0.4 is 10.1 Å². The van der Waals surface area contributed by atoms with Gasteiger partial charge in [-0.1, -0.05) is 0 Å². The van der Waals surface area contributed by atoms with E-state index in [1.165, 1.54) is 35.7 Å². The van der Waals surface area contributed by atoms with Crippen molar-refractivity contribution in [1.82, 2.24) is 4.31 Å². The van der Waals surface area contributed by atoms with Crippen molar-refractivity contribution in [1.29, 1.82) is 0 Å². The number of carbonyl (C=O) groups is 1. The van der Waals surface area contributed by atoms with E-state index in [-0.39, 0.29) is 17.1 Å². The van der Waals surface area contributed by atoms with Gasteiger partial charge in [0.1, 0.15) is 5.75 Å². The van der Waals surface area contributed by atoms with Gasteiger partial charge in [0.15, 0.2) is 0 Å². The Morgan fingerprint density at radius 1 is 1.10 bits per heavy atom. The fraction of sp³-hybridized carbons (Fsp3) is 0.350. The summed E-state index contributed by atoms with van der Waals surface area (Å²) in [6.07, 6.45) is -3.47. The van der Waals surface area contributed by atoms with E-state index in [1.54, 1.807) is 12.1 Å². The highest BCUT2D eigenvalue weighted by Gasteiger charge is 2.34. The van der Waals surface area contributed by atoms with Gasteiger partial charge in [0, 0.05) is 18.8 Å². The molecular weight excluding hydrogens is 421 g/mol. The number of piperidine rings is 1. The second kappa shape index (κ2) is 8.65. The minimum absolute atomic E-state index is 0.000824. The number of amides is 1. The molecule has 1 N–H and O–H groups in total. The number of carbonyl (C=O) groups excluding carboxylic acids is 1. The van der Waals surface area contributed by atoms with Gasteiger partial charge in [-0.2, -0.15) is 17.5 Å². The number of methoxy groups -OCH3 is 1. The minimum Gasteiger partial charge on any atom is -0.497 e. The first-order chi connectivity index (χ1) is 14.1. The first kappa shape index (κ1) is 22.1. The SMILES string of the molecule is COc1ccc(S(=O)(=O)N2CCC[C@@H](C(=O)Nc3ccc(C(F)(F)F)cc3)C2)cc1. The Labute approximate surface area is 172 Å². The zero-order chi connectivity index (χ0) is 21.9. The molecular formula is C20H21F3N2O4S. The van der Waals surface area contributed by atoms with Crippen LogP contribution in [0.25, 0.3) is 0 Å². The zero-order valence-electron chi connectivity index (χ0n) is 16.1. The molecule has 0 aromatic heterocycles. The summed E-state index contributed by atoms with van der Waals surface area (Å²) >= 11 is 0. The molecule has 0 bridgehead atoms. The number of sulfonamides is 1. The third-order valence-corrected chi connectivity index (χ3v) is 6.81. The lowest BCUT2D eigenvalue weighted by Gasteiger charge is -2.31. The molecule has 0 saturated carbocycles. The van der Waals surface area contributed by atoms with E-state index in [2.05, 4.69) is 5.32 Å². The van der Waals surface area contributed by atoms with Crippen LogP contribution in [-0.4, -0.2) is 38.8 Å². The van der Waals surface area contributed by atoms with E-state index >= 15 is 0 Å². The molecule has 2 aromatic carbocycles. The van der Waals surface area contributed by atoms with Crippen molar-refractivity contribution in [3.63, 3.8) is 0 Å². The van der Waals surface area contributed by atoms with E-state index in [0.717, 1.165) is 12.1 Å². The highest BCUT2D eigenvalue weighted by Crippen LogP contribution is 2.30. The fourth-order valence-corrected chi connectivity index (χ4v) is 4.78. The predicted molar refractivity (Wildman–Crippen MR) is 105 cm³/mol. The number of halogens is 3. The summed E-state index contributed by atoms with van der Waals surface area (Å²) in [5.41, 5.74) is -0.585. The van der Waals surface area contributed by atoms with Crippen LogP contribution in [0.15, 0.2) is 53.4 Å². The molecule has 1 aliphatic heterocycles. The molecule has 30 heavy (non-hydrogen) atoms. The van der Waals surface area contributed by atoms with Crippen molar-refractivity contribution in [3.8, 4) is 5.75 Å². The van der Waals surface area contributed by atoms with E-state index in [9.17, 15) is 26.4 Å². The summed E-state index contributed by atoms with van der Waals surface area (Å²) < 4.78 is 70.0. The molecule has 10 heteroatoms. The standard InChI is InChI=1S/C20H21F3N2O4S/c1-29-17-8-10-18(11-9-17)30(27,28)25-12-2-3-14(13-25)19(26)24-16-6-4-15(5-7-16)20(21,22)23/h4-11,14H,2-3,12-13H2,1H3,(H,24,26)/t14-/m1/s1. The van der Waals surface area contributed by atoms with Crippen LogP contribution in [0.1, 0.15) is 18.4 Å². The molecule has 3 rings (SSSR count). The molecule has 1 heterocycles. The molecule has 0 spiro atoms. The topological polar surface area (TPSA) is 75.7 Å². The number of nitrogens with zero attached hydrogens (tertiary/aromatic N) is 1. The monoisotopic (exact) mass is 442 g/mol. The van der Waals surface area contributed by atoms with Gasteiger partial charge in [0.2, 0.25) is 15.9 Å². The molecule has 2 aromatic rings. The third-order valence-electron chi connectivity index (χ3n) is 4.93. The maximum Gasteiger partial charge on any atom is 0.416 e. The number of rotatable bonds is 5. The molecule has 1 fully saturated rings. The Kier molecular flexibility index (Phi) is 6.37. The first-order valence-corrected chi connectivity index (χ1v) is 10.7. The summed E-state index contributed by atoms with van der Waals surface area (Å²) in [4.78, 5) is 12.7. The average Bonchev–Trinajstić information content (AvgIpc) is 2.73. The second-order valence-electron chi connectivity index (χ2n) is 6.94. The summed E-state index contributed by atoms with van der Waals surface area (Å²) in [6, 6.07) is 10.1. The van der Waals surface area contributed by atoms with Gasteiger partial charge in [-0.25, -0.2) is 8.42 Å². The second-order valence-corrected chi connectivity index (χ2v) is 8.88. The Morgan fingerprint density at radius 2 is 1.73 bits per heavy atom. The van der Waals surface area contributed by atoms with Gasteiger partial charge < -0.3 is 10.1 Å². The molecule has 6 nitrogen and oxygen atoms in total. The van der Waals surface area contributed by atoms with Gasteiger partial charge in [-0.3, -0.25) is 4.79 Å². The van der Waals surface area contributed by atoms with Gasteiger partial charge in [-0.05, 0) is 61.4 Å². The maximum atomic E-state index is 12.9. The number of alkyl halides is 3. The third kappa shape index (κ3) is 4.93. The van der Waals surface area contributed by atoms with E-state index in [0.29, 0.717) is 25.1 Å². The largest absolute Gasteiger partial charge is 0.497 e. The van der Waals surface area contributed by atoms with Gasteiger partial charge >= 0.3 is 6.18 Å². The number of hydrogen-bond acceptors (Lipinski definition) is 4. The lowest BCUT2D eigenvalue weighted by atomic mass is 9.98. The highest BCUT2D eigenvalue weighted by atomic mass is 32.2. The zero-order valence-corrected chi connectivity index (χ0v) is 17.0. The smallest absolute Gasteiger partial charge is 0.416 e. The molecule has 0 aliphatic carbocycles. The number of benzene rings is 2. The minimum atomic E-state index is -4.46. The fourth-order valence-electron chi connectivity index (χ4n) is 3.26. The van der Waals surface area contributed by atoms with Crippen LogP contribution >= 0.6 is 0 Å². The van der Waals surface area contributed by atoms with Crippen molar-refractivity contribution in [2.45, 2.75) is 23.9 Å². The Balaban J connectivity index is 1.68. The quantitative estimate of drug-likeness (QED) is 0.765. The highest BCUT2D eigenvalue weighted by molar-refractivity contribution is 7.89. The molecule has 0 unspecified atom stereocenters. The normalized spacial score (nSPS) is 18.1. The van der Waals surface area contributed by atoms with Crippen LogP contribution in [0, 0.1) is 5.92 Å². The lowest BCUT2D eigenvalue weighted by Crippen LogP contribution is -2.43. The number of anilines is 1. The van der Waals surface area contributed by atoms with E-state index in [4.69, 9.17) is 4.74 Å². The van der Waals surface area contributed by atoms with Gasteiger partial charge in [0.05, 0.1) is 23.5 Å². The molecule has 0 radical (unpaired) electrons.